The number of ether oxygens (including phenoxy) is 1. The van der Waals surface area contributed by atoms with Crippen molar-refractivity contribution in [3.8, 4) is 5.75 Å². The predicted octanol–water partition coefficient (Wildman–Crippen LogP) is 3.40. The molecule has 1 unspecified atom stereocenters. The van der Waals surface area contributed by atoms with Crippen molar-refractivity contribution in [3.05, 3.63) is 28.2 Å². The highest BCUT2D eigenvalue weighted by molar-refractivity contribution is 9.10. The maximum Gasteiger partial charge on any atom is 0.130 e. The number of aromatic hydroxyl groups is 1. The molecule has 1 atom stereocenters. The Bertz CT molecular complexity index is 319. The van der Waals surface area contributed by atoms with Gasteiger partial charge in [-0.3, -0.25) is 0 Å². The van der Waals surface area contributed by atoms with Crippen LogP contribution < -0.4 is 0 Å². The third-order valence-electron chi connectivity index (χ3n) is 2.53. The standard InChI is InChI=1S/C11H13BrO2/c12-11-8(4-3-5-9(11)13)10-6-1-2-7-14-10/h3-5,10,13H,1-2,6-7H2. The summed E-state index contributed by atoms with van der Waals surface area (Å²) < 4.78 is 6.43. The molecule has 0 aromatic heterocycles. The third-order valence-corrected chi connectivity index (χ3v) is 3.40. The van der Waals surface area contributed by atoms with Gasteiger partial charge in [0, 0.05) is 6.61 Å². The zero-order valence-electron chi connectivity index (χ0n) is 7.87. The molecule has 1 aliphatic heterocycles. The van der Waals surface area contributed by atoms with Gasteiger partial charge in [0.05, 0.1) is 10.6 Å². The van der Waals surface area contributed by atoms with E-state index >= 15 is 0 Å². The van der Waals surface area contributed by atoms with Crippen molar-refractivity contribution in [2.24, 2.45) is 0 Å². The van der Waals surface area contributed by atoms with Gasteiger partial charge in [0.25, 0.3) is 0 Å². The van der Waals surface area contributed by atoms with Crippen molar-refractivity contribution in [2.75, 3.05) is 6.61 Å². The van der Waals surface area contributed by atoms with Gasteiger partial charge in [-0.2, -0.15) is 0 Å². The van der Waals surface area contributed by atoms with E-state index < -0.39 is 0 Å². The third kappa shape index (κ3) is 1.93. The smallest absolute Gasteiger partial charge is 0.130 e. The van der Waals surface area contributed by atoms with Gasteiger partial charge >= 0.3 is 0 Å². The van der Waals surface area contributed by atoms with E-state index in [-0.39, 0.29) is 11.9 Å². The molecule has 0 spiro atoms. The molecule has 0 amide bonds. The Hall–Kier alpha value is -0.540. The topological polar surface area (TPSA) is 29.5 Å². The van der Waals surface area contributed by atoms with Crippen molar-refractivity contribution < 1.29 is 9.84 Å². The maximum atomic E-state index is 9.53. The fourth-order valence-electron chi connectivity index (χ4n) is 1.77. The van der Waals surface area contributed by atoms with Gasteiger partial charge in [-0.15, -0.1) is 0 Å². The molecule has 1 fully saturated rings. The number of rotatable bonds is 1. The molecule has 3 heteroatoms. The molecular formula is C11H13BrO2. The van der Waals surface area contributed by atoms with Crippen molar-refractivity contribution in [3.63, 3.8) is 0 Å². The second-order valence-corrected chi connectivity index (χ2v) is 4.33. The second kappa shape index (κ2) is 4.32. The van der Waals surface area contributed by atoms with Gasteiger partial charge < -0.3 is 9.84 Å². The molecule has 0 aliphatic carbocycles. The zero-order chi connectivity index (χ0) is 9.97. The van der Waals surface area contributed by atoms with E-state index in [0.717, 1.165) is 29.5 Å². The maximum absolute atomic E-state index is 9.53. The van der Waals surface area contributed by atoms with Crippen LogP contribution in [0.4, 0.5) is 0 Å². The quantitative estimate of drug-likeness (QED) is 0.835. The summed E-state index contributed by atoms with van der Waals surface area (Å²) in [5.74, 6) is 0.289. The number of hydrogen-bond acceptors (Lipinski definition) is 2. The Morgan fingerprint density at radius 1 is 1.36 bits per heavy atom. The molecule has 0 bridgehead atoms. The van der Waals surface area contributed by atoms with E-state index in [0.29, 0.717) is 0 Å². The van der Waals surface area contributed by atoms with E-state index in [1.807, 2.05) is 12.1 Å². The lowest BCUT2D eigenvalue weighted by Gasteiger charge is -2.23. The summed E-state index contributed by atoms with van der Waals surface area (Å²) in [6.07, 6.45) is 3.53. The molecule has 0 radical (unpaired) electrons. The number of benzene rings is 1. The lowest BCUT2D eigenvalue weighted by atomic mass is 10.0. The summed E-state index contributed by atoms with van der Waals surface area (Å²) in [4.78, 5) is 0. The van der Waals surface area contributed by atoms with Crippen LogP contribution in [0.3, 0.4) is 0 Å². The Kier molecular flexibility index (Phi) is 3.08. The SMILES string of the molecule is Oc1cccc(C2CCCCO2)c1Br. The monoisotopic (exact) mass is 256 g/mol. The van der Waals surface area contributed by atoms with Gasteiger partial charge in [-0.05, 0) is 46.8 Å². The lowest BCUT2D eigenvalue weighted by Crippen LogP contribution is -2.11. The van der Waals surface area contributed by atoms with E-state index in [1.54, 1.807) is 6.07 Å². The van der Waals surface area contributed by atoms with Crippen molar-refractivity contribution in [2.45, 2.75) is 25.4 Å². The van der Waals surface area contributed by atoms with Crippen molar-refractivity contribution in [1.29, 1.82) is 0 Å². The largest absolute Gasteiger partial charge is 0.507 e. The Balaban J connectivity index is 2.26. The summed E-state index contributed by atoms with van der Waals surface area (Å²) in [6, 6.07) is 5.53. The van der Waals surface area contributed by atoms with Crippen LogP contribution >= 0.6 is 15.9 Å². The highest BCUT2D eigenvalue weighted by Gasteiger charge is 2.19. The summed E-state index contributed by atoms with van der Waals surface area (Å²) in [5.41, 5.74) is 1.06. The molecule has 1 aromatic carbocycles. The molecule has 1 aromatic rings. The normalized spacial score (nSPS) is 22.2. The molecule has 1 heterocycles. The Labute approximate surface area is 92.0 Å². The first-order chi connectivity index (χ1) is 6.79. The number of phenolic OH excluding ortho intramolecular Hbond substituents is 1. The average molecular weight is 257 g/mol. The van der Waals surface area contributed by atoms with Gasteiger partial charge in [0.2, 0.25) is 0 Å². The summed E-state index contributed by atoms with van der Waals surface area (Å²) >= 11 is 3.39. The predicted molar refractivity (Wildman–Crippen MR) is 58.4 cm³/mol. The van der Waals surface area contributed by atoms with Crippen LogP contribution in [-0.2, 0) is 4.74 Å². The highest BCUT2D eigenvalue weighted by atomic mass is 79.9. The minimum atomic E-state index is 0.144. The molecule has 2 nitrogen and oxygen atoms in total. The van der Waals surface area contributed by atoms with Crippen molar-refractivity contribution >= 4 is 15.9 Å². The van der Waals surface area contributed by atoms with Crippen LogP contribution in [0.2, 0.25) is 0 Å². The molecule has 0 saturated carbocycles. The summed E-state index contributed by atoms with van der Waals surface area (Å²) in [6.45, 7) is 0.826. The molecule has 2 rings (SSSR count). The number of halogens is 1. The molecule has 1 N–H and O–H groups in total. The van der Waals surface area contributed by atoms with Crippen LogP contribution in [-0.4, -0.2) is 11.7 Å². The Morgan fingerprint density at radius 3 is 2.93 bits per heavy atom. The minimum absolute atomic E-state index is 0.144. The van der Waals surface area contributed by atoms with Gasteiger partial charge in [-0.25, -0.2) is 0 Å². The molecule has 1 aliphatic rings. The first kappa shape index (κ1) is 9.99. The van der Waals surface area contributed by atoms with E-state index in [9.17, 15) is 5.11 Å². The first-order valence-corrected chi connectivity index (χ1v) is 5.67. The summed E-state index contributed by atoms with van der Waals surface area (Å²) in [7, 11) is 0. The first-order valence-electron chi connectivity index (χ1n) is 4.88. The lowest BCUT2D eigenvalue weighted by molar-refractivity contribution is 0.0144. The van der Waals surface area contributed by atoms with E-state index in [4.69, 9.17) is 4.74 Å². The fourth-order valence-corrected chi connectivity index (χ4v) is 2.29. The molecule has 76 valence electrons. The average Bonchev–Trinajstić information content (AvgIpc) is 2.23. The van der Waals surface area contributed by atoms with Crippen LogP contribution in [0.5, 0.6) is 5.75 Å². The van der Waals surface area contributed by atoms with Crippen LogP contribution in [0.15, 0.2) is 22.7 Å². The van der Waals surface area contributed by atoms with Gasteiger partial charge in [0.1, 0.15) is 5.75 Å². The van der Waals surface area contributed by atoms with E-state index in [1.165, 1.54) is 6.42 Å². The van der Waals surface area contributed by atoms with Crippen LogP contribution in [0.1, 0.15) is 30.9 Å². The molecule has 1 saturated heterocycles. The molecular weight excluding hydrogens is 244 g/mol. The Morgan fingerprint density at radius 2 is 2.21 bits per heavy atom. The van der Waals surface area contributed by atoms with Crippen LogP contribution in [0.25, 0.3) is 0 Å². The van der Waals surface area contributed by atoms with E-state index in [2.05, 4.69) is 15.9 Å². The molecule has 14 heavy (non-hydrogen) atoms. The van der Waals surface area contributed by atoms with Crippen molar-refractivity contribution in [1.82, 2.24) is 0 Å². The highest BCUT2D eigenvalue weighted by Crippen LogP contribution is 2.36. The number of hydrogen-bond donors (Lipinski definition) is 1. The zero-order valence-corrected chi connectivity index (χ0v) is 9.46. The fraction of sp³-hybridized carbons (Fsp3) is 0.455. The summed E-state index contributed by atoms with van der Waals surface area (Å²) in [5, 5.41) is 9.53. The van der Waals surface area contributed by atoms with Gasteiger partial charge in [-0.1, -0.05) is 12.1 Å². The minimum Gasteiger partial charge on any atom is -0.507 e. The van der Waals surface area contributed by atoms with Crippen LogP contribution in [0, 0.1) is 0 Å². The second-order valence-electron chi connectivity index (χ2n) is 3.54. The number of phenols is 1. The van der Waals surface area contributed by atoms with Gasteiger partial charge in [0.15, 0.2) is 0 Å².